The van der Waals surface area contributed by atoms with Gasteiger partial charge in [0.05, 0.1) is 0 Å². The van der Waals surface area contributed by atoms with Crippen molar-refractivity contribution in [1.82, 2.24) is 5.43 Å². The van der Waals surface area contributed by atoms with E-state index in [0.29, 0.717) is 17.9 Å². The second-order valence-electron chi connectivity index (χ2n) is 4.02. The molecule has 0 saturated heterocycles. The van der Waals surface area contributed by atoms with E-state index in [0.717, 1.165) is 0 Å². The van der Waals surface area contributed by atoms with Crippen LogP contribution in [0.25, 0.3) is 0 Å². The molecule has 0 radical (unpaired) electrons. The van der Waals surface area contributed by atoms with Crippen molar-refractivity contribution in [1.29, 1.82) is 5.26 Å². The van der Waals surface area contributed by atoms with Gasteiger partial charge in [0.1, 0.15) is 17.5 Å². The fourth-order valence-electron chi connectivity index (χ4n) is 1.59. The van der Waals surface area contributed by atoms with Crippen molar-refractivity contribution >= 4 is 23.2 Å². The van der Waals surface area contributed by atoms with E-state index in [2.05, 4.69) is 15.8 Å². The van der Waals surface area contributed by atoms with E-state index in [-0.39, 0.29) is 30.6 Å². The smallest absolute Gasteiger partial charge is 0.271 e. The maximum Gasteiger partial charge on any atom is 0.271 e. The summed E-state index contributed by atoms with van der Waals surface area (Å²) in [5.74, 6) is 0.00283. The van der Waals surface area contributed by atoms with Crippen molar-refractivity contribution in [2.45, 2.75) is 12.8 Å². The number of hydrogen-bond acceptors (Lipinski definition) is 5. The molecule has 1 aromatic carbocycles. The SMILES string of the molecule is N#CCOc1ccc(NC(=O)C2=NNC(=O)CC2)cc1. The highest BCUT2D eigenvalue weighted by Crippen LogP contribution is 2.16. The molecule has 1 aliphatic heterocycles. The minimum Gasteiger partial charge on any atom is -0.479 e. The quantitative estimate of drug-likeness (QED) is 0.845. The predicted molar refractivity (Wildman–Crippen MR) is 71.0 cm³/mol. The number of ether oxygens (including phenoxy) is 1. The number of anilines is 1. The zero-order chi connectivity index (χ0) is 14.4. The molecule has 0 fully saturated rings. The van der Waals surface area contributed by atoms with E-state index in [9.17, 15) is 9.59 Å². The van der Waals surface area contributed by atoms with Crippen LogP contribution < -0.4 is 15.5 Å². The van der Waals surface area contributed by atoms with Crippen LogP contribution in [0.1, 0.15) is 12.8 Å². The van der Waals surface area contributed by atoms with Crippen LogP contribution in [0.2, 0.25) is 0 Å². The van der Waals surface area contributed by atoms with Crippen molar-refractivity contribution in [3.8, 4) is 11.8 Å². The number of carbonyl (C=O) groups is 2. The van der Waals surface area contributed by atoms with Gasteiger partial charge in [-0.25, -0.2) is 5.43 Å². The summed E-state index contributed by atoms with van der Waals surface area (Å²) in [6.45, 7) is -0.0256. The largest absolute Gasteiger partial charge is 0.479 e. The molecule has 1 heterocycles. The molecule has 0 atom stereocenters. The standard InChI is InChI=1S/C13H12N4O3/c14-7-8-20-10-3-1-9(2-4-10)15-13(19)11-5-6-12(18)17-16-11/h1-4H,5-6,8H2,(H,15,19)(H,17,18). The molecule has 0 saturated carbocycles. The van der Waals surface area contributed by atoms with Crippen molar-refractivity contribution in [3.63, 3.8) is 0 Å². The summed E-state index contributed by atoms with van der Waals surface area (Å²) in [5.41, 5.74) is 3.14. The maximum atomic E-state index is 11.9. The summed E-state index contributed by atoms with van der Waals surface area (Å²) < 4.78 is 5.10. The van der Waals surface area contributed by atoms with E-state index in [4.69, 9.17) is 10.00 Å². The van der Waals surface area contributed by atoms with E-state index in [1.165, 1.54) is 0 Å². The Morgan fingerprint density at radius 2 is 2.15 bits per heavy atom. The number of rotatable bonds is 4. The van der Waals surface area contributed by atoms with Crippen molar-refractivity contribution in [2.75, 3.05) is 11.9 Å². The molecule has 1 aliphatic rings. The first-order chi connectivity index (χ1) is 9.69. The normalized spacial score (nSPS) is 13.8. The molecule has 2 N–H and O–H groups in total. The summed E-state index contributed by atoms with van der Waals surface area (Å²) in [6.07, 6.45) is 0.578. The monoisotopic (exact) mass is 272 g/mol. The molecule has 2 amide bonds. The lowest BCUT2D eigenvalue weighted by Gasteiger charge is -2.12. The summed E-state index contributed by atoms with van der Waals surface area (Å²) in [7, 11) is 0. The van der Waals surface area contributed by atoms with Gasteiger partial charge in [-0.3, -0.25) is 9.59 Å². The number of nitriles is 1. The Hall–Kier alpha value is -2.88. The molecule has 0 aliphatic carbocycles. The summed E-state index contributed by atoms with van der Waals surface area (Å²) in [4.78, 5) is 22.8. The number of benzene rings is 1. The van der Waals surface area contributed by atoms with Crippen LogP contribution >= 0.6 is 0 Å². The van der Waals surface area contributed by atoms with Gasteiger partial charge in [0.25, 0.3) is 5.91 Å². The van der Waals surface area contributed by atoms with Gasteiger partial charge < -0.3 is 10.1 Å². The van der Waals surface area contributed by atoms with E-state index < -0.39 is 0 Å². The Labute approximate surface area is 115 Å². The number of nitrogens with one attached hydrogen (secondary N) is 2. The molecule has 0 spiro atoms. The molecule has 0 aromatic heterocycles. The topological polar surface area (TPSA) is 104 Å². The average Bonchev–Trinajstić information content (AvgIpc) is 2.47. The lowest BCUT2D eigenvalue weighted by atomic mass is 10.1. The zero-order valence-corrected chi connectivity index (χ0v) is 10.5. The lowest BCUT2D eigenvalue weighted by Crippen LogP contribution is -2.32. The van der Waals surface area contributed by atoms with Crippen LogP contribution in [0, 0.1) is 11.3 Å². The third-order valence-electron chi connectivity index (χ3n) is 2.58. The van der Waals surface area contributed by atoms with Gasteiger partial charge in [0.15, 0.2) is 6.61 Å². The Balaban J connectivity index is 1.94. The zero-order valence-electron chi connectivity index (χ0n) is 10.5. The Morgan fingerprint density at radius 3 is 2.75 bits per heavy atom. The first kappa shape index (κ1) is 13.5. The maximum absolute atomic E-state index is 11.9. The summed E-state index contributed by atoms with van der Waals surface area (Å²) in [6, 6.07) is 8.49. The molecule has 0 unspecified atom stereocenters. The van der Waals surface area contributed by atoms with Crippen molar-refractivity contribution in [2.24, 2.45) is 5.10 Å². The number of hydrazone groups is 1. The highest BCUT2D eigenvalue weighted by molar-refractivity contribution is 6.43. The third kappa shape index (κ3) is 3.55. The van der Waals surface area contributed by atoms with Crippen molar-refractivity contribution < 1.29 is 14.3 Å². The molecule has 0 bridgehead atoms. The minimum absolute atomic E-state index is 0.0256. The number of carbonyl (C=O) groups excluding carboxylic acids is 2. The average molecular weight is 272 g/mol. The van der Waals surface area contributed by atoms with Gasteiger partial charge in [-0.1, -0.05) is 0 Å². The van der Waals surface area contributed by atoms with Gasteiger partial charge in [0, 0.05) is 18.5 Å². The fourth-order valence-corrected chi connectivity index (χ4v) is 1.59. The molecule has 20 heavy (non-hydrogen) atoms. The Kier molecular flexibility index (Phi) is 4.29. The first-order valence-corrected chi connectivity index (χ1v) is 5.95. The van der Waals surface area contributed by atoms with Crippen LogP contribution in [-0.2, 0) is 9.59 Å². The lowest BCUT2D eigenvalue weighted by molar-refractivity contribution is -0.121. The Bertz CT molecular complexity index is 587. The number of nitrogens with zero attached hydrogens (tertiary/aromatic N) is 2. The molecular formula is C13H12N4O3. The van der Waals surface area contributed by atoms with Crippen molar-refractivity contribution in [3.05, 3.63) is 24.3 Å². The van der Waals surface area contributed by atoms with Gasteiger partial charge in [-0.2, -0.15) is 10.4 Å². The fraction of sp³-hybridized carbons (Fsp3) is 0.231. The van der Waals surface area contributed by atoms with Gasteiger partial charge in [-0.05, 0) is 24.3 Å². The van der Waals surface area contributed by atoms with Crippen LogP contribution in [-0.4, -0.2) is 24.1 Å². The summed E-state index contributed by atoms with van der Waals surface area (Å²) in [5, 5.41) is 14.8. The number of hydrogen-bond donors (Lipinski definition) is 2. The van der Waals surface area contributed by atoms with Crippen LogP contribution in [0.3, 0.4) is 0 Å². The van der Waals surface area contributed by atoms with Gasteiger partial charge >= 0.3 is 0 Å². The minimum atomic E-state index is -0.351. The van der Waals surface area contributed by atoms with E-state index in [1.807, 2.05) is 6.07 Å². The molecule has 102 valence electrons. The number of amides is 2. The van der Waals surface area contributed by atoms with Gasteiger partial charge in [-0.15, -0.1) is 0 Å². The molecule has 7 nitrogen and oxygen atoms in total. The molecule has 1 aromatic rings. The molecule has 7 heteroatoms. The van der Waals surface area contributed by atoms with Crippen LogP contribution in [0.4, 0.5) is 5.69 Å². The van der Waals surface area contributed by atoms with E-state index in [1.54, 1.807) is 24.3 Å². The van der Waals surface area contributed by atoms with Crippen LogP contribution in [0.15, 0.2) is 29.4 Å². The second-order valence-corrected chi connectivity index (χ2v) is 4.02. The van der Waals surface area contributed by atoms with Crippen LogP contribution in [0.5, 0.6) is 5.75 Å². The second kappa shape index (κ2) is 6.33. The first-order valence-electron chi connectivity index (χ1n) is 5.95. The molecule has 2 rings (SSSR count). The van der Waals surface area contributed by atoms with E-state index >= 15 is 0 Å². The Morgan fingerprint density at radius 1 is 1.40 bits per heavy atom. The third-order valence-corrected chi connectivity index (χ3v) is 2.58. The predicted octanol–water partition coefficient (Wildman–Crippen LogP) is 0.793. The molecular weight excluding hydrogens is 260 g/mol. The van der Waals surface area contributed by atoms with Gasteiger partial charge in [0.2, 0.25) is 5.91 Å². The highest BCUT2D eigenvalue weighted by Gasteiger charge is 2.18. The highest BCUT2D eigenvalue weighted by atomic mass is 16.5. The summed E-state index contributed by atoms with van der Waals surface area (Å²) >= 11 is 0.